The summed E-state index contributed by atoms with van der Waals surface area (Å²) < 4.78 is 0. The maximum atomic E-state index is 10.6. The van der Waals surface area contributed by atoms with Crippen molar-refractivity contribution >= 4 is 28.5 Å². The highest BCUT2D eigenvalue weighted by atomic mass is 32.1. The Labute approximate surface area is 91.9 Å². The number of nitrogens with two attached hydrogens (primary N) is 1. The maximum absolute atomic E-state index is 10.6. The molecule has 0 unspecified atom stereocenters. The molecule has 0 aliphatic carbocycles. The molecule has 1 radical (unpaired) electrons. The number of nitrogens with zero attached hydrogens (tertiary/aromatic N) is 2. The lowest BCUT2D eigenvalue weighted by molar-refractivity contribution is 0.142. The van der Waals surface area contributed by atoms with Crippen LogP contribution in [0.25, 0.3) is 0 Å². The van der Waals surface area contributed by atoms with Gasteiger partial charge in [0.15, 0.2) is 10.8 Å². The van der Waals surface area contributed by atoms with Gasteiger partial charge in [0, 0.05) is 5.38 Å². The van der Waals surface area contributed by atoms with Crippen LogP contribution < -0.4 is 5.73 Å². The van der Waals surface area contributed by atoms with Crippen molar-refractivity contribution < 1.29 is 9.63 Å². The molecular formula is C9H12N3O2S. The van der Waals surface area contributed by atoms with Gasteiger partial charge < -0.3 is 10.6 Å². The molecule has 5 nitrogen and oxygen atoms in total. The molecule has 81 valence electrons. The van der Waals surface area contributed by atoms with E-state index in [0.717, 1.165) is 12.8 Å². The van der Waals surface area contributed by atoms with E-state index in [1.54, 1.807) is 11.7 Å². The summed E-state index contributed by atoms with van der Waals surface area (Å²) in [5, 5.41) is 5.68. The van der Waals surface area contributed by atoms with Gasteiger partial charge >= 0.3 is 0 Å². The Kier molecular flexibility index (Phi) is 4.76. The first-order valence-corrected chi connectivity index (χ1v) is 5.45. The Bertz CT molecular complexity index is 349. The van der Waals surface area contributed by atoms with Crippen LogP contribution in [-0.2, 0) is 9.63 Å². The van der Waals surface area contributed by atoms with Crippen molar-refractivity contribution in [2.45, 2.75) is 19.8 Å². The van der Waals surface area contributed by atoms with Gasteiger partial charge in [0.2, 0.25) is 0 Å². The van der Waals surface area contributed by atoms with Crippen LogP contribution in [0.4, 0.5) is 5.13 Å². The topological polar surface area (TPSA) is 77.6 Å². The van der Waals surface area contributed by atoms with Crippen LogP contribution in [0.15, 0.2) is 10.5 Å². The standard InChI is InChI=1S/C9H12N3O2S/c1-2-3-4-14-12-7(5-13)8-6-15-9(10)11-8/h6H,2-4H2,1H3,(H2,10,11)/b12-7-. The fourth-order valence-electron chi connectivity index (χ4n) is 0.833. The van der Waals surface area contributed by atoms with E-state index in [4.69, 9.17) is 10.6 Å². The summed E-state index contributed by atoms with van der Waals surface area (Å²) in [6.45, 7) is 2.53. The van der Waals surface area contributed by atoms with Crippen molar-refractivity contribution in [1.29, 1.82) is 0 Å². The molecule has 0 bridgehead atoms. The van der Waals surface area contributed by atoms with Gasteiger partial charge in [-0.2, -0.15) is 0 Å². The van der Waals surface area contributed by atoms with Crippen LogP contribution in [0.3, 0.4) is 0 Å². The van der Waals surface area contributed by atoms with Crippen molar-refractivity contribution in [3.63, 3.8) is 0 Å². The zero-order valence-electron chi connectivity index (χ0n) is 8.40. The van der Waals surface area contributed by atoms with Crippen molar-refractivity contribution in [3.8, 4) is 0 Å². The molecule has 1 aromatic heterocycles. The van der Waals surface area contributed by atoms with E-state index in [9.17, 15) is 4.79 Å². The number of hydrogen-bond acceptors (Lipinski definition) is 6. The van der Waals surface area contributed by atoms with E-state index in [-0.39, 0.29) is 5.71 Å². The number of oxime groups is 1. The third-order valence-electron chi connectivity index (χ3n) is 1.61. The Balaban J connectivity index is 2.59. The molecule has 6 heteroatoms. The lowest BCUT2D eigenvalue weighted by Crippen LogP contribution is -2.04. The highest BCUT2D eigenvalue weighted by Crippen LogP contribution is 2.11. The summed E-state index contributed by atoms with van der Waals surface area (Å²) in [6, 6.07) is 0. The van der Waals surface area contributed by atoms with Crippen LogP contribution >= 0.6 is 11.3 Å². The normalized spacial score (nSPS) is 11.4. The average molecular weight is 226 g/mol. The summed E-state index contributed by atoms with van der Waals surface area (Å²) >= 11 is 1.24. The molecule has 2 N–H and O–H groups in total. The van der Waals surface area contributed by atoms with E-state index in [1.807, 2.05) is 6.92 Å². The first-order valence-electron chi connectivity index (χ1n) is 4.57. The summed E-state index contributed by atoms with van der Waals surface area (Å²) in [5.41, 5.74) is 5.89. The quantitative estimate of drug-likeness (QED) is 0.451. The van der Waals surface area contributed by atoms with E-state index in [1.165, 1.54) is 11.3 Å². The van der Waals surface area contributed by atoms with Crippen LogP contribution in [0.1, 0.15) is 25.5 Å². The molecule has 15 heavy (non-hydrogen) atoms. The monoisotopic (exact) mass is 226 g/mol. The molecule has 1 rings (SSSR count). The molecule has 0 saturated heterocycles. The molecule has 0 spiro atoms. The smallest absolute Gasteiger partial charge is 0.259 e. The van der Waals surface area contributed by atoms with Gasteiger partial charge in [-0.15, -0.1) is 11.3 Å². The Morgan fingerprint density at radius 2 is 2.60 bits per heavy atom. The first-order chi connectivity index (χ1) is 7.27. The molecule has 1 aromatic rings. The van der Waals surface area contributed by atoms with Gasteiger partial charge in [-0.3, -0.25) is 4.79 Å². The number of thiazole rings is 1. The van der Waals surface area contributed by atoms with E-state index < -0.39 is 0 Å². The van der Waals surface area contributed by atoms with Gasteiger partial charge in [-0.25, -0.2) is 4.98 Å². The lowest BCUT2D eigenvalue weighted by Gasteiger charge is -1.97. The summed E-state index contributed by atoms with van der Waals surface area (Å²) in [6.07, 6.45) is 3.58. The van der Waals surface area contributed by atoms with Gasteiger partial charge in [0.1, 0.15) is 12.3 Å². The fourth-order valence-corrected chi connectivity index (χ4v) is 1.38. The number of hydrogen-bond donors (Lipinski definition) is 1. The molecule has 0 atom stereocenters. The van der Waals surface area contributed by atoms with Crippen LogP contribution in [0.5, 0.6) is 0 Å². The lowest BCUT2D eigenvalue weighted by atomic mass is 10.3. The molecule has 0 fully saturated rings. The molecule has 0 aliphatic rings. The molecule has 0 saturated carbocycles. The zero-order chi connectivity index (χ0) is 11.1. The number of rotatable bonds is 6. The van der Waals surface area contributed by atoms with E-state index in [2.05, 4.69) is 10.1 Å². The highest BCUT2D eigenvalue weighted by molar-refractivity contribution is 7.13. The van der Waals surface area contributed by atoms with Gasteiger partial charge in [-0.05, 0) is 6.42 Å². The molecule has 0 aromatic carbocycles. The summed E-state index contributed by atoms with van der Waals surface area (Å²) in [5.74, 6) is 0. The Morgan fingerprint density at radius 1 is 1.80 bits per heavy atom. The fraction of sp³-hybridized carbons (Fsp3) is 0.444. The minimum atomic E-state index is 0.0547. The Hall–Kier alpha value is -1.43. The van der Waals surface area contributed by atoms with Crippen molar-refractivity contribution in [1.82, 2.24) is 4.98 Å². The highest BCUT2D eigenvalue weighted by Gasteiger charge is 2.08. The molecular weight excluding hydrogens is 214 g/mol. The van der Waals surface area contributed by atoms with Crippen molar-refractivity contribution in [2.24, 2.45) is 5.16 Å². The number of carbonyl (C=O) groups excluding carboxylic acids is 1. The summed E-state index contributed by atoms with van der Waals surface area (Å²) in [4.78, 5) is 19.4. The molecule has 1 heterocycles. The molecule has 0 aliphatic heterocycles. The molecule has 0 amide bonds. The third-order valence-corrected chi connectivity index (χ3v) is 2.28. The van der Waals surface area contributed by atoms with Crippen LogP contribution in [-0.4, -0.2) is 23.6 Å². The second-order valence-corrected chi connectivity index (χ2v) is 3.69. The van der Waals surface area contributed by atoms with Crippen LogP contribution in [0.2, 0.25) is 0 Å². The number of nitrogen functional groups attached to an aromatic ring is 1. The van der Waals surface area contributed by atoms with Crippen molar-refractivity contribution in [3.05, 3.63) is 11.1 Å². The van der Waals surface area contributed by atoms with E-state index >= 15 is 0 Å². The zero-order valence-corrected chi connectivity index (χ0v) is 9.21. The second-order valence-electron chi connectivity index (χ2n) is 2.80. The van der Waals surface area contributed by atoms with Gasteiger partial charge in [0.25, 0.3) is 6.29 Å². The predicted molar refractivity (Wildman–Crippen MR) is 59.6 cm³/mol. The average Bonchev–Trinajstić information content (AvgIpc) is 2.65. The van der Waals surface area contributed by atoms with Gasteiger partial charge in [-0.1, -0.05) is 18.5 Å². The summed E-state index contributed by atoms with van der Waals surface area (Å²) in [7, 11) is 0. The number of unbranched alkanes of at least 4 members (excludes halogenated alkanes) is 1. The Morgan fingerprint density at radius 3 is 3.13 bits per heavy atom. The van der Waals surface area contributed by atoms with Gasteiger partial charge in [0.05, 0.1) is 0 Å². The number of anilines is 1. The van der Waals surface area contributed by atoms with E-state index in [0.29, 0.717) is 17.4 Å². The van der Waals surface area contributed by atoms with Crippen LogP contribution in [0, 0.1) is 0 Å². The minimum absolute atomic E-state index is 0.0547. The second kappa shape index (κ2) is 6.13. The minimum Gasteiger partial charge on any atom is -0.395 e. The largest absolute Gasteiger partial charge is 0.395 e. The number of aromatic nitrogens is 1. The maximum Gasteiger partial charge on any atom is 0.259 e. The SMILES string of the molecule is CCCCO/N=C(/[C]=O)c1csc(N)n1. The first kappa shape index (κ1) is 11.6. The third kappa shape index (κ3) is 3.67. The van der Waals surface area contributed by atoms with Crippen molar-refractivity contribution in [2.75, 3.05) is 12.3 Å². The predicted octanol–water partition coefficient (Wildman–Crippen LogP) is 1.36.